The number of hydrogen-bond acceptors (Lipinski definition) is 1. The second kappa shape index (κ2) is 3.24. The zero-order chi connectivity index (χ0) is 8.43. The van der Waals surface area contributed by atoms with Crippen LogP contribution >= 0.6 is 23.2 Å². The summed E-state index contributed by atoms with van der Waals surface area (Å²) in [5, 5.41) is 8.32. The zero-order valence-electron chi connectivity index (χ0n) is 5.99. The maximum Gasteiger partial charge on any atom is 0.0598 e. The van der Waals surface area contributed by atoms with Gasteiger partial charge in [0.1, 0.15) is 0 Å². The van der Waals surface area contributed by atoms with Crippen LogP contribution in [0.2, 0.25) is 10.0 Å². The molecule has 0 aliphatic carbocycles. The van der Waals surface area contributed by atoms with Crippen molar-refractivity contribution in [1.82, 2.24) is 0 Å². The van der Waals surface area contributed by atoms with Gasteiger partial charge in [-0.1, -0.05) is 29.3 Å². The molecular formula is C8H7Cl2N. The number of nitrogens with one attached hydrogen (secondary N) is 1. The van der Waals surface area contributed by atoms with Crippen LogP contribution in [0.3, 0.4) is 0 Å². The minimum atomic E-state index is 0.489. The lowest BCUT2D eigenvalue weighted by molar-refractivity contribution is 1.46. The molecule has 0 aliphatic rings. The molecule has 0 aromatic heterocycles. The van der Waals surface area contributed by atoms with Crippen molar-refractivity contribution in [2.45, 2.75) is 6.92 Å². The summed E-state index contributed by atoms with van der Waals surface area (Å²) in [5.41, 5.74) is 1.29. The first-order valence-corrected chi connectivity index (χ1v) is 3.87. The normalized spacial score (nSPS) is 9.73. The summed E-state index contributed by atoms with van der Waals surface area (Å²) in [6.07, 6.45) is 0. The van der Waals surface area contributed by atoms with Gasteiger partial charge in [0.05, 0.1) is 10.0 Å². The summed E-state index contributed by atoms with van der Waals surface area (Å²) in [5.74, 6) is 0. The van der Waals surface area contributed by atoms with Crippen LogP contribution in [0, 0.1) is 5.41 Å². The summed E-state index contributed by atoms with van der Waals surface area (Å²) in [4.78, 5) is 0. The Morgan fingerprint density at radius 2 is 1.91 bits per heavy atom. The van der Waals surface area contributed by atoms with Crippen LogP contribution in [0.5, 0.6) is 0 Å². The summed E-state index contributed by atoms with van der Waals surface area (Å²) in [6.45, 7) is 1.71. The van der Waals surface area contributed by atoms with Gasteiger partial charge in [0.25, 0.3) is 0 Å². The topological polar surface area (TPSA) is 23.9 Å². The average Bonchev–Trinajstić information content (AvgIpc) is 1.94. The van der Waals surface area contributed by atoms with Crippen molar-refractivity contribution in [3.63, 3.8) is 0 Å². The molecule has 0 fully saturated rings. The van der Waals surface area contributed by atoms with E-state index in [0.717, 1.165) is 5.56 Å². The van der Waals surface area contributed by atoms with E-state index in [2.05, 4.69) is 0 Å². The number of hydrogen-bond donors (Lipinski definition) is 1. The van der Waals surface area contributed by atoms with E-state index in [0.29, 0.717) is 15.8 Å². The summed E-state index contributed by atoms with van der Waals surface area (Å²) >= 11 is 11.4. The molecule has 1 rings (SSSR count). The quantitative estimate of drug-likeness (QED) is 0.653. The molecule has 3 heteroatoms. The van der Waals surface area contributed by atoms with Gasteiger partial charge in [-0.05, 0) is 24.6 Å². The summed E-state index contributed by atoms with van der Waals surface area (Å²) in [6, 6.07) is 5.15. The Morgan fingerprint density at radius 3 is 2.36 bits per heavy atom. The first-order chi connectivity index (χ1) is 5.11. The first-order valence-electron chi connectivity index (χ1n) is 3.12. The Balaban J connectivity index is 3.15. The van der Waals surface area contributed by atoms with Crippen LogP contribution in [-0.4, -0.2) is 5.71 Å². The highest BCUT2D eigenvalue weighted by molar-refractivity contribution is 6.42. The molecule has 0 aliphatic heterocycles. The van der Waals surface area contributed by atoms with E-state index in [9.17, 15) is 0 Å². The third-order valence-corrected chi connectivity index (χ3v) is 2.09. The predicted octanol–water partition coefficient (Wildman–Crippen LogP) is 3.38. The lowest BCUT2D eigenvalue weighted by Crippen LogP contribution is -1.90. The molecule has 0 saturated carbocycles. The second-order valence-corrected chi connectivity index (χ2v) is 3.07. The number of benzene rings is 1. The van der Waals surface area contributed by atoms with E-state index in [4.69, 9.17) is 28.6 Å². The lowest BCUT2D eigenvalue weighted by Gasteiger charge is -1.99. The first kappa shape index (κ1) is 8.57. The van der Waals surface area contributed by atoms with Gasteiger partial charge in [-0.2, -0.15) is 0 Å². The lowest BCUT2D eigenvalue weighted by atomic mass is 10.1. The van der Waals surface area contributed by atoms with Gasteiger partial charge in [-0.25, -0.2) is 0 Å². The molecule has 0 saturated heterocycles. The van der Waals surface area contributed by atoms with Crippen LogP contribution in [0.25, 0.3) is 0 Å². The van der Waals surface area contributed by atoms with Gasteiger partial charge in [-0.15, -0.1) is 0 Å². The van der Waals surface area contributed by atoms with Gasteiger partial charge in [-0.3, -0.25) is 0 Å². The minimum Gasteiger partial charge on any atom is -0.305 e. The molecule has 1 aromatic rings. The molecular weight excluding hydrogens is 181 g/mol. The monoisotopic (exact) mass is 187 g/mol. The van der Waals surface area contributed by atoms with E-state index >= 15 is 0 Å². The van der Waals surface area contributed by atoms with Gasteiger partial charge >= 0.3 is 0 Å². The van der Waals surface area contributed by atoms with Crippen LogP contribution in [-0.2, 0) is 0 Å². The van der Waals surface area contributed by atoms with Gasteiger partial charge in [0.2, 0.25) is 0 Å². The fraction of sp³-hybridized carbons (Fsp3) is 0.125. The van der Waals surface area contributed by atoms with Crippen molar-refractivity contribution in [2.75, 3.05) is 0 Å². The minimum absolute atomic E-state index is 0.489. The Hall–Kier alpha value is -0.530. The molecule has 1 nitrogen and oxygen atoms in total. The average molecular weight is 188 g/mol. The van der Waals surface area contributed by atoms with E-state index in [1.54, 1.807) is 25.1 Å². The Labute approximate surface area is 75.5 Å². The highest BCUT2D eigenvalue weighted by Gasteiger charge is 1.99. The molecule has 0 amide bonds. The van der Waals surface area contributed by atoms with Crippen molar-refractivity contribution in [2.24, 2.45) is 0 Å². The molecule has 0 spiro atoms. The predicted molar refractivity (Wildman–Crippen MR) is 49.0 cm³/mol. The van der Waals surface area contributed by atoms with Crippen molar-refractivity contribution in [1.29, 1.82) is 5.41 Å². The molecule has 0 bridgehead atoms. The van der Waals surface area contributed by atoms with Crippen molar-refractivity contribution in [3.05, 3.63) is 33.8 Å². The Bertz CT molecular complexity index is 294. The van der Waals surface area contributed by atoms with Crippen LogP contribution in [0.4, 0.5) is 0 Å². The fourth-order valence-corrected chi connectivity index (χ4v) is 1.03. The standard InChI is InChI=1S/C8H7Cl2N/c1-5(11)6-2-3-7(9)8(10)4-6/h2-4,11H,1H3. The zero-order valence-corrected chi connectivity index (χ0v) is 7.50. The van der Waals surface area contributed by atoms with Crippen LogP contribution < -0.4 is 0 Å². The molecule has 0 radical (unpaired) electrons. The molecule has 1 N–H and O–H groups in total. The molecule has 11 heavy (non-hydrogen) atoms. The Morgan fingerprint density at radius 1 is 1.27 bits per heavy atom. The third-order valence-electron chi connectivity index (χ3n) is 1.35. The molecule has 58 valence electrons. The van der Waals surface area contributed by atoms with Gasteiger partial charge in [0.15, 0.2) is 0 Å². The van der Waals surface area contributed by atoms with Gasteiger partial charge in [0, 0.05) is 5.71 Å². The van der Waals surface area contributed by atoms with E-state index in [1.165, 1.54) is 0 Å². The van der Waals surface area contributed by atoms with E-state index in [-0.39, 0.29) is 0 Å². The summed E-state index contributed by atoms with van der Waals surface area (Å²) < 4.78 is 0. The van der Waals surface area contributed by atoms with Crippen molar-refractivity contribution >= 4 is 28.9 Å². The molecule has 0 unspecified atom stereocenters. The number of rotatable bonds is 1. The molecule has 1 aromatic carbocycles. The second-order valence-electron chi connectivity index (χ2n) is 2.25. The van der Waals surface area contributed by atoms with Gasteiger partial charge < -0.3 is 5.41 Å². The SMILES string of the molecule is CC(=N)c1ccc(Cl)c(Cl)c1. The smallest absolute Gasteiger partial charge is 0.0598 e. The van der Waals surface area contributed by atoms with Crippen LogP contribution in [0.1, 0.15) is 12.5 Å². The molecule has 0 heterocycles. The third kappa shape index (κ3) is 1.95. The fourth-order valence-electron chi connectivity index (χ4n) is 0.729. The van der Waals surface area contributed by atoms with Crippen molar-refractivity contribution < 1.29 is 0 Å². The van der Waals surface area contributed by atoms with E-state index in [1.807, 2.05) is 0 Å². The largest absolute Gasteiger partial charge is 0.305 e. The number of halogens is 2. The van der Waals surface area contributed by atoms with E-state index < -0.39 is 0 Å². The maximum atomic E-state index is 7.30. The van der Waals surface area contributed by atoms with Crippen LogP contribution in [0.15, 0.2) is 18.2 Å². The van der Waals surface area contributed by atoms with Crippen molar-refractivity contribution in [3.8, 4) is 0 Å². The summed E-state index contributed by atoms with van der Waals surface area (Å²) in [7, 11) is 0. The Kier molecular flexibility index (Phi) is 2.53. The molecule has 0 atom stereocenters. The highest BCUT2D eigenvalue weighted by Crippen LogP contribution is 2.22. The highest BCUT2D eigenvalue weighted by atomic mass is 35.5. The maximum absolute atomic E-state index is 7.30.